The molecule has 0 aliphatic heterocycles. The van der Waals surface area contributed by atoms with Crippen molar-refractivity contribution in [2.75, 3.05) is 0 Å². The molecule has 0 aliphatic rings. The lowest BCUT2D eigenvalue weighted by molar-refractivity contribution is 0.592. The summed E-state index contributed by atoms with van der Waals surface area (Å²) < 4.78 is 0. The zero-order chi connectivity index (χ0) is 20.3. The minimum atomic E-state index is 0.0820. The molecule has 0 amide bonds. The molecule has 0 fully saturated rings. The summed E-state index contributed by atoms with van der Waals surface area (Å²) in [6.45, 7) is 7.07. The predicted molar refractivity (Wildman–Crippen MR) is 128 cm³/mol. The molecule has 29 heavy (non-hydrogen) atoms. The molecule has 0 heterocycles. The fraction of sp³-hybridized carbons (Fsp3) is 0.143. The summed E-state index contributed by atoms with van der Waals surface area (Å²) in [5, 5.41) is 0. The third kappa shape index (κ3) is 4.05. The van der Waals surface area contributed by atoms with Crippen LogP contribution in [0.3, 0.4) is 0 Å². The van der Waals surface area contributed by atoms with Crippen LogP contribution in [0.5, 0.6) is 0 Å². The van der Waals surface area contributed by atoms with Crippen molar-refractivity contribution in [3.8, 4) is 11.1 Å². The first-order chi connectivity index (χ1) is 14.1. The quantitative estimate of drug-likeness (QED) is 0.433. The Morgan fingerprint density at radius 3 is 1.48 bits per heavy atom. The molecule has 0 nitrogen and oxygen atoms in total. The highest BCUT2D eigenvalue weighted by molar-refractivity contribution is 6.96. The van der Waals surface area contributed by atoms with Crippen molar-refractivity contribution < 1.29 is 0 Å². The van der Waals surface area contributed by atoms with Crippen molar-refractivity contribution in [3.05, 3.63) is 115 Å². The van der Waals surface area contributed by atoms with E-state index in [1.54, 1.807) is 0 Å². The standard InChI is InChI=1S/C28H27B/c1-28(2,3)26-20-12-10-18-24(26)25-19-11-13-21-27(25)29(22-14-6-4-7-15-22)23-16-8-5-9-17-23/h4-21H,1-3H3. The average molecular weight is 374 g/mol. The Kier molecular flexibility index (Phi) is 5.40. The van der Waals surface area contributed by atoms with Gasteiger partial charge < -0.3 is 0 Å². The molecule has 4 aromatic carbocycles. The lowest BCUT2D eigenvalue weighted by Crippen LogP contribution is -2.52. The number of hydrogen-bond acceptors (Lipinski definition) is 0. The van der Waals surface area contributed by atoms with Crippen molar-refractivity contribution in [3.63, 3.8) is 0 Å². The fourth-order valence-corrected chi connectivity index (χ4v) is 4.21. The van der Waals surface area contributed by atoms with Crippen LogP contribution in [-0.4, -0.2) is 6.71 Å². The van der Waals surface area contributed by atoms with Gasteiger partial charge in [0.15, 0.2) is 0 Å². The summed E-state index contributed by atoms with van der Waals surface area (Å²) in [5.41, 5.74) is 8.09. The molecule has 0 aromatic heterocycles. The molecule has 0 saturated heterocycles. The third-order valence-corrected chi connectivity index (χ3v) is 5.56. The first-order valence-corrected chi connectivity index (χ1v) is 10.3. The van der Waals surface area contributed by atoms with Crippen LogP contribution in [-0.2, 0) is 5.41 Å². The minimum absolute atomic E-state index is 0.0820. The van der Waals surface area contributed by atoms with Gasteiger partial charge in [0.05, 0.1) is 0 Å². The van der Waals surface area contributed by atoms with E-state index in [0.29, 0.717) is 0 Å². The summed E-state index contributed by atoms with van der Waals surface area (Å²) in [6.07, 6.45) is 0. The highest BCUT2D eigenvalue weighted by Gasteiger charge is 2.26. The van der Waals surface area contributed by atoms with Crippen LogP contribution >= 0.6 is 0 Å². The Bertz CT molecular complexity index is 1040. The van der Waals surface area contributed by atoms with Crippen LogP contribution in [0.2, 0.25) is 0 Å². The smallest absolute Gasteiger partial charge is 0.0686 e. The van der Waals surface area contributed by atoms with E-state index in [-0.39, 0.29) is 12.1 Å². The van der Waals surface area contributed by atoms with Crippen molar-refractivity contribution in [2.24, 2.45) is 0 Å². The molecule has 0 atom stereocenters. The predicted octanol–water partition coefficient (Wildman–Crippen LogP) is 5.17. The highest BCUT2D eigenvalue weighted by atomic mass is 14.2. The van der Waals surface area contributed by atoms with E-state index in [9.17, 15) is 0 Å². The SMILES string of the molecule is CC(C)(C)c1ccccc1-c1ccccc1B(c1ccccc1)c1ccccc1. The van der Waals surface area contributed by atoms with E-state index in [1.165, 1.54) is 33.1 Å². The van der Waals surface area contributed by atoms with Gasteiger partial charge in [0.1, 0.15) is 0 Å². The van der Waals surface area contributed by atoms with Gasteiger partial charge in [0.2, 0.25) is 6.71 Å². The molecule has 0 aliphatic carbocycles. The minimum Gasteiger partial charge on any atom is -0.0686 e. The molecule has 142 valence electrons. The van der Waals surface area contributed by atoms with Crippen LogP contribution in [0.25, 0.3) is 11.1 Å². The van der Waals surface area contributed by atoms with Crippen molar-refractivity contribution >= 4 is 23.1 Å². The number of benzene rings is 4. The topological polar surface area (TPSA) is 0 Å². The Morgan fingerprint density at radius 1 is 0.483 bits per heavy atom. The summed E-state index contributed by atoms with van der Waals surface area (Å²) >= 11 is 0. The van der Waals surface area contributed by atoms with Crippen LogP contribution < -0.4 is 16.4 Å². The molecule has 0 radical (unpaired) electrons. The fourth-order valence-electron chi connectivity index (χ4n) is 4.21. The zero-order valence-corrected chi connectivity index (χ0v) is 17.5. The maximum atomic E-state index is 2.29. The third-order valence-electron chi connectivity index (χ3n) is 5.56. The Morgan fingerprint density at radius 2 is 0.931 bits per heavy atom. The van der Waals surface area contributed by atoms with Crippen molar-refractivity contribution in [1.82, 2.24) is 0 Å². The second-order valence-electron chi connectivity index (χ2n) is 8.64. The lowest BCUT2D eigenvalue weighted by atomic mass is 9.36. The van der Waals surface area contributed by atoms with Gasteiger partial charge in [-0.25, -0.2) is 0 Å². The molecular weight excluding hydrogens is 347 g/mol. The average Bonchev–Trinajstić information content (AvgIpc) is 2.75. The van der Waals surface area contributed by atoms with Crippen LogP contribution in [0.4, 0.5) is 0 Å². The van der Waals surface area contributed by atoms with E-state index < -0.39 is 0 Å². The largest absolute Gasteiger partial charge is 0.241 e. The van der Waals surface area contributed by atoms with Gasteiger partial charge in [-0.05, 0) is 22.1 Å². The van der Waals surface area contributed by atoms with Gasteiger partial charge in [-0.1, -0.05) is 146 Å². The van der Waals surface area contributed by atoms with Gasteiger partial charge in [-0.3, -0.25) is 0 Å². The maximum absolute atomic E-state index is 2.29. The van der Waals surface area contributed by atoms with Gasteiger partial charge in [-0.2, -0.15) is 0 Å². The van der Waals surface area contributed by atoms with Gasteiger partial charge in [0, 0.05) is 0 Å². The van der Waals surface area contributed by atoms with Gasteiger partial charge >= 0.3 is 0 Å². The number of hydrogen-bond donors (Lipinski definition) is 0. The number of rotatable bonds is 4. The van der Waals surface area contributed by atoms with Crippen molar-refractivity contribution in [2.45, 2.75) is 26.2 Å². The van der Waals surface area contributed by atoms with E-state index in [0.717, 1.165) is 0 Å². The van der Waals surface area contributed by atoms with Crippen LogP contribution in [0.15, 0.2) is 109 Å². The molecule has 0 spiro atoms. The van der Waals surface area contributed by atoms with Crippen LogP contribution in [0.1, 0.15) is 26.3 Å². The molecule has 0 saturated carbocycles. The van der Waals surface area contributed by atoms with E-state index in [4.69, 9.17) is 0 Å². The van der Waals surface area contributed by atoms with Crippen LogP contribution in [0, 0.1) is 0 Å². The summed E-state index contributed by atoms with van der Waals surface area (Å²) in [6, 6.07) is 39.4. The van der Waals surface area contributed by atoms with Gasteiger partial charge in [-0.15, -0.1) is 0 Å². The molecule has 0 unspecified atom stereocenters. The van der Waals surface area contributed by atoms with E-state index in [2.05, 4.69) is 130 Å². The molecule has 4 aromatic rings. The maximum Gasteiger partial charge on any atom is 0.241 e. The van der Waals surface area contributed by atoms with Gasteiger partial charge in [0.25, 0.3) is 0 Å². The summed E-state index contributed by atoms with van der Waals surface area (Å²) in [4.78, 5) is 0. The Balaban J connectivity index is 1.97. The second-order valence-corrected chi connectivity index (χ2v) is 8.64. The second kappa shape index (κ2) is 8.13. The molecule has 0 bridgehead atoms. The molecule has 0 N–H and O–H groups in total. The molecule has 1 heteroatoms. The Hall–Kier alpha value is -3.06. The highest BCUT2D eigenvalue weighted by Crippen LogP contribution is 2.32. The first-order valence-electron chi connectivity index (χ1n) is 10.3. The zero-order valence-electron chi connectivity index (χ0n) is 17.5. The normalized spacial score (nSPS) is 11.3. The molecule has 4 rings (SSSR count). The van der Waals surface area contributed by atoms with E-state index in [1.807, 2.05) is 0 Å². The molecular formula is C28H27B. The van der Waals surface area contributed by atoms with E-state index >= 15 is 0 Å². The first kappa shape index (κ1) is 19.3. The lowest BCUT2D eigenvalue weighted by Gasteiger charge is -2.26. The monoisotopic (exact) mass is 374 g/mol. The summed E-state index contributed by atoms with van der Waals surface area (Å²) in [5.74, 6) is 0. The summed E-state index contributed by atoms with van der Waals surface area (Å²) in [7, 11) is 0. The van der Waals surface area contributed by atoms with Crippen molar-refractivity contribution in [1.29, 1.82) is 0 Å². The Labute approximate surface area is 175 Å².